The van der Waals surface area contributed by atoms with Gasteiger partial charge in [-0.2, -0.15) is 0 Å². The number of para-hydroxylation sites is 1. The van der Waals surface area contributed by atoms with Crippen LogP contribution in [0.1, 0.15) is 16.5 Å². The van der Waals surface area contributed by atoms with Crippen LogP contribution in [0.15, 0.2) is 63.3 Å². The van der Waals surface area contributed by atoms with Crippen LogP contribution in [0.3, 0.4) is 0 Å². The van der Waals surface area contributed by atoms with E-state index < -0.39 is 26.2 Å². The molecule has 1 saturated heterocycles. The fourth-order valence-electron chi connectivity index (χ4n) is 3.17. The first kappa shape index (κ1) is 11.2. The standard InChI is InChI=1S/C21H25N3O2S/c25-14-16-26-15-13-23-9-11-24(12-10-23)21-17-5-1-3-7-19(17)27-20-8-4-2-6-18(20)22-21/h1-8,25H,9-16H2/p+1/i13D2,14D2,15D2,16D2. The number of aliphatic imine (C=N–C) groups is 1. The number of hydrogen-bond acceptors (Lipinski definition) is 5. The Kier molecular flexibility index (Phi) is 3.69. The zero-order valence-electron chi connectivity index (χ0n) is 22.6. The molecule has 27 heavy (non-hydrogen) atoms. The Labute approximate surface area is 175 Å². The van der Waals surface area contributed by atoms with Gasteiger partial charge in [-0.1, -0.05) is 42.1 Å². The topological polar surface area (TPSA) is 49.5 Å². The normalized spacial score (nSPS) is 23.6. The van der Waals surface area contributed by atoms with E-state index in [0.29, 0.717) is 13.1 Å². The minimum absolute atomic E-state index is 0.168. The van der Waals surface area contributed by atoms with E-state index in [1.165, 1.54) is 0 Å². The van der Waals surface area contributed by atoms with Crippen molar-refractivity contribution in [1.29, 1.82) is 0 Å². The summed E-state index contributed by atoms with van der Waals surface area (Å²) in [6.07, 6.45) is 0. The van der Waals surface area contributed by atoms with E-state index in [0.717, 1.165) is 26.9 Å². The van der Waals surface area contributed by atoms with Crippen molar-refractivity contribution in [3.8, 4) is 0 Å². The van der Waals surface area contributed by atoms with Crippen LogP contribution in [0.5, 0.6) is 0 Å². The van der Waals surface area contributed by atoms with Crippen molar-refractivity contribution in [2.45, 2.75) is 9.79 Å². The number of nitrogens with one attached hydrogen (secondary N) is 1. The Morgan fingerprint density at radius 3 is 2.63 bits per heavy atom. The number of benzene rings is 2. The van der Waals surface area contributed by atoms with Gasteiger partial charge in [-0.3, -0.25) is 0 Å². The third kappa shape index (κ3) is 4.35. The number of nitrogens with zero attached hydrogens (tertiary/aromatic N) is 2. The molecule has 0 amide bonds. The smallest absolute Gasteiger partial charge is 0.138 e. The molecule has 0 unspecified atom stereocenters. The van der Waals surface area contributed by atoms with Crippen LogP contribution in [0.25, 0.3) is 0 Å². The third-order valence-electron chi connectivity index (χ3n) is 4.48. The molecule has 2 aromatic carbocycles. The summed E-state index contributed by atoms with van der Waals surface area (Å²) in [7, 11) is 0. The zero-order chi connectivity index (χ0) is 25.6. The molecular weight excluding hydrogens is 358 g/mol. The number of ether oxygens (including phenoxy) is 1. The molecule has 142 valence electrons. The summed E-state index contributed by atoms with van der Waals surface area (Å²) in [5, 5.41) is 9.35. The molecular formula is C21H26N3O2S+. The van der Waals surface area contributed by atoms with Crippen LogP contribution in [-0.2, 0) is 4.74 Å². The van der Waals surface area contributed by atoms with Gasteiger partial charge in [0.05, 0.1) is 62.5 Å². The monoisotopic (exact) mass is 392 g/mol. The second-order valence-corrected chi connectivity index (χ2v) is 7.22. The predicted molar refractivity (Wildman–Crippen MR) is 108 cm³/mol. The molecule has 2 heterocycles. The summed E-state index contributed by atoms with van der Waals surface area (Å²) in [6.45, 7) is -11.8. The Hall–Kier alpha value is -1.86. The molecule has 5 nitrogen and oxygen atoms in total. The Morgan fingerprint density at radius 1 is 1.07 bits per heavy atom. The van der Waals surface area contributed by atoms with Crippen LogP contribution in [-0.4, -0.2) is 68.2 Å². The van der Waals surface area contributed by atoms with Crippen molar-refractivity contribution in [3.05, 3.63) is 54.1 Å². The maximum Gasteiger partial charge on any atom is 0.138 e. The third-order valence-corrected chi connectivity index (χ3v) is 5.62. The van der Waals surface area contributed by atoms with Crippen LogP contribution in [0.4, 0.5) is 5.69 Å². The van der Waals surface area contributed by atoms with Gasteiger partial charge in [-0.25, -0.2) is 4.99 Å². The second-order valence-electron chi connectivity index (χ2n) is 6.13. The lowest BCUT2D eigenvalue weighted by Crippen LogP contribution is -3.15. The van der Waals surface area contributed by atoms with E-state index in [1.54, 1.807) is 11.8 Å². The second kappa shape index (κ2) is 8.89. The number of aliphatic hydroxyl groups is 1. The van der Waals surface area contributed by atoms with Crippen LogP contribution < -0.4 is 4.90 Å². The van der Waals surface area contributed by atoms with Crippen molar-refractivity contribution in [2.24, 2.45) is 4.99 Å². The molecule has 0 aliphatic carbocycles. The molecule has 4 rings (SSSR count). The first-order chi connectivity index (χ1) is 16.2. The van der Waals surface area contributed by atoms with Gasteiger partial charge in [0.15, 0.2) is 0 Å². The van der Waals surface area contributed by atoms with Gasteiger partial charge in [0.2, 0.25) is 0 Å². The highest BCUT2D eigenvalue weighted by Gasteiger charge is 2.26. The molecule has 2 aromatic rings. The Morgan fingerprint density at radius 2 is 1.81 bits per heavy atom. The van der Waals surface area contributed by atoms with Crippen LogP contribution in [0, 0.1) is 0 Å². The lowest BCUT2D eigenvalue weighted by molar-refractivity contribution is -0.904. The van der Waals surface area contributed by atoms with Gasteiger partial charge < -0.3 is 19.6 Å². The molecule has 2 N–H and O–H groups in total. The van der Waals surface area contributed by atoms with Gasteiger partial charge in [0.25, 0.3) is 0 Å². The van der Waals surface area contributed by atoms with E-state index in [9.17, 15) is 5.11 Å². The molecule has 0 aromatic heterocycles. The highest BCUT2D eigenvalue weighted by Crippen LogP contribution is 2.40. The summed E-state index contributed by atoms with van der Waals surface area (Å²) < 4.78 is 66.7. The maximum atomic E-state index is 9.35. The number of fused-ring (bicyclic) bond motifs is 2. The highest BCUT2D eigenvalue weighted by atomic mass is 32.2. The average molecular weight is 393 g/mol. The van der Waals surface area contributed by atoms with Crippen molar-refractivity contribution in [2.75, 3.05) is 52.4 Å². The van der Waals surface area contributed by atoms with Gasteiger partial charge in [-0.05, 0) is 18.2 Å². The molecule has 0 atom stereocenters. The van der Waals surface area contributed by atoms with E-state index >= 15 is 0 Å². The van der Waals surface area contributed by atoms with Crippen molar-refractivity contribution in [1.82, 2.24) is 4.90 Å². The minimum atomic E-state index is -3.51. The van der Waals surface area contributed by atoms with Gasteiger partial charge in [-0.15, -0.1) is 0 Å². The summed E-state index contributed by atoms with van der Waals surface area (Å²) in [5.41, 5.74) is 1.79. The van der Waals surface area contributed by atoms with E-state index in [4.69, 9.17) is 16.0 Å². The van der Waals surface area contributed by atoms with Crippen LogP contribution >= 0.6 is 11.8 Å². The van der Waals surface area contributed by atoms with Crippen molar-refractivity contribution >= 4 is 23.3 Å². The molecule has 0 spiro atoms. The summed E-state index contributed by atoms with van der Waals surface area (Å²) in [5.74, 6) is 0.752. The van der Waals surface area contributed by atoms with E-state index in [2.05, 4.69) is 4.74 Å². The molecule has 2 aliphatic rings. The van der Waals surface area contributed by atoms with Crippen LogP contribution in [0.2, 0.25) is 0 Å². The Balaban J connectivity index is 1.55. The van der Waals surface area contributed by atoms with E-state index in [-0.39, 0.29) is 18.0 Å². The lowest BCUT2D eigenvalue weighted by atomic mass is 10.1. The predicted octanol–water partition coefficient (Wildman–Crippen LogP) is 1.44. The van der Waals surface area contributed by atoms with Crippen molar-refractivity contribution in [3.63, 3.8) is 0 Å². The minimum Gasteiger partial charge on any atom is -0.394 e. The molecule has 0 bridgehead atoms. The summed E-state index contributed by atoms with van der Waals surface area (Å²) in [6, 6.07) is 15.7. The molecule has 2 aliphatic heterocycles. The first-order valence-electron chi connectivity index (χ1n) is 12.7. The quantitative estimate of drug-likeness (QED) is 0.809. The first-order valence-corrected chi connectivity index (χ1v) is 9.52. The van der Waals surface area contributed by atoms with E-state index in [1.807, 2.05) is 53.4 Å². The SMILES string of the molecule is [2H]C([2H])(O)C([2H])([2H])OC([2H])([2H])C([2H])([2H])[NH+]1CCN(C2=Nc3ccccc3Sc3ccccc32)CC1. The molecule has 1 fully saturated rings. The highest BCUT2D eigenvalue weighted by molar-refractivity contribution is 7.99. The average Bonchev–Trinajstić information content (AvgIpc) is 2.94. The zero-order valence-corrected chi connectivity index (χ0v) is 15.4. The van der Waals surface area contributed by atoms with Gasteiger partial charge in [0, 0.05) is 15.4 Å². The molecule has 6 heteroatoms. The Bertz CT molecular complexity index is 1120. The number of piperazine rings is 1. The summed E-state index contributed by atoms with van der Waals surface area (Å²) >= 11 is 1.63. The number of amidine groups is 1. The van der Waals surface area contributed by atoms with Crippen molar-refractivity contribution < 1.29 is 25.7 Å². The number of rotatable bonds is 5. The number of quaternary nitrogens is 1. The fourth-order valence-corrected chi connectivity index (χ4v) is 4.19. The maximum absolute atomic E-state index is 9.35. The number of hydrogen-bond donors (Lipinski definition) is 2. The molecule has 0 radical (unpaired) electrons. The fraction of sp³-hybridized carbons (Fsp3) is 0.381. The molecule has 0 saturated carbocycles. The van der Waals surface area contributed by atoms with Gasteiger partial charge >= 0.3 is 0 Å². The summed E-state index contributed by atoms with van der Waals surface area (Å²) in [4.78, 5) is 9.21. The largest absolute Gasteiger partial charge is 0.394 e. The van der Waals surface area contributed by atoms with Gasteiger partial charge in [0.1, 0.15) is 12.3 Å². The lowest BCUT2D eigenvalue weighted by Gasteiger charge is -2.34.